The minimum atomic E-state index is -1.07. The van der Waals surface area contributed by atoms with Crippen LogP contribution in [0.2, 0.25) is 0 Å². The number of hydrogen-bond acceptors (Lipinski definition) is 4. The van der Waals surface area contributed by atoms with Crippen LogP contribution in [0.3, 0.4) is 0 Å². The second-order valence-electron chi connectivity index (χ2n) is 5.51. The van der Waals surface area contributed by atoms with Crippen LogP contribution in [0.1, 0.15) is 18.4 Å². The van der Waals surface area contributed by atoms with E-state index in [-0.39, 0.29) is 30.2 Å². The van der Waals surface area contributed by atoms with Crippen molar-refractivity contribution in [1.82, 2.24) is 4.90 Å². The van der Waals surface area contributed by atoms with E-state index in [0.29, 0.717) is 17.7 Å². The van der Waals surface area contributed by atoms with E-state index in [4.69, 9.17) is 5.11 Å². The third kappa shape index (κ3) is 2.92. The molecule has 0 aliphatic carbocycles. The molecule has 120 valence electrons. The number of amides is 1. The Morgan fingerprint density at radius 2 is 2.09 bits per heavy atom. The number of benzene rings is 1. The summed E-state index contributed by atoms with van der Waals surface area (Å²) in [6, 6.07) is 9.62. The molecule has 1 saturated heterocycles. The molecule has 2 atom stereocenters. The van der Waals surface area contributed by atoms with Crippen molar-refractivity contribution in [2.24, 2.45) is 5.92 Å². The molecule has 0 spiro atoms. The number of thioether (sulfide) groups is 1. The quantitative estimate of drug-likeness (QED) is 0.782. The molecule has 1 aromatic rings. The number of β-lactam (4-membered cyclic amide) rings is 1. The highest BCUT2D eigenvalue weighted by atomic mass is 32.2. The van der Waals surface area contributed by atoms with Crippen LogP contribution in [0.25, 0.3) is 6.08 Å². The van der Waals surface area contributed by atoms with Crippen LogP contribution in [-0.2, 0) is 9.59 Å². The van der Waals surface area contributed by atoms with E-state index < -0.39 is 5.97 Å². The highest BCUT2D eigenvalue weighted by Crippen LogP contribution is 2.47. The number of carboxylic acids is 1. The number of aliphatic hydroxyl groups excluding tert-OH is 1. The van der Waals surface area contributed by atoms with Gasteiger partial charge < -0.3 is 15.1 Å². The number of aliphatic carboxylic acids is 1. The maximum Gasteiger partial charge on any atom is 0.353 e. The van der Waals surface area contributed by atoms with Gasteiger partial charge in [0.25, 0.3) is 0 Å². The van der Waals surface area contributed by atoms with Crippen molar-refractivity contribution >= 4 is 29.7 Å². The highest BCUT2D eigenvalue weighted by Gasteiger charge is 2.54. The molecule has 1 fully saturated rings. The summed E-state index contributed by atoms with van der Waals surface area (Å²) in [7, 11) is 0. The Kier molecular flexibility index (Phi) is 4.54. The number of nitrogens with zero attached hydrogens (tertiary/aromatic N) is 1. The van der Waals surface area contributed by atoms with Crippen LogP contribution in [-0.4, -0.2) is 39.6 Å². The summed E-state index contributed by atoms with van der Waals surface area (Å²) in [4.78, 5) is 25.7. The average molecular weight is 331 g/mol. The molecule has 3 rings (SSSR count). The lowest BCUT2D eigenvalue weighted by atomic mass is 9.85. The lowest BCUT2D eigenvalue weighted by Crippen LogP contribution is -2.58. The largest absolute Gasteiger partial charge is 0.477 e. The van der Waals surface area contributed by atoms with Gasteiger partial charge in [-0.1, -0.05) is 42.1 Å². The molecule has 2 N–H and O–H groups in total. The van der Waals surface area contributed by atoms with Crippen LogP contribution >= 0.6 is 11.8 Å². The van der Waals surface area contributed by atoms with Gasteiger partial charge in [0.15, 0.2) is 0 Å². The number of carboxylic acid groups (broad SMARTS) is 1. The Bertz CT molecular complexity index is 683. The molecule has 0 saturated carbocycles. The van der Waals surface area contributed by atoms with Crippen LogP contribution in [0, 0.1) is 5.92 Å². The summed E-state index contributed by atoms with van der Waals surface area (Å²) in [6.45, 7) is -0.0560. The van der Waals surface area contributed by atoms with Gasteiger partial charge in [0.1, 0.15) is 5.70 Å². The standard InChI is InChI=1S/C17H17NO4S/c19-8-6-12-13-10-14(15(17(21)22)18(13)16(12)20)23-9-7-11-4-2-1-3-5-11/h1-5,7,9,12-13,19H,6,8,10H2,(H,21,22). The number of rotatable bonds is 6. The predicted molar refractivity (Wildman–Crippen MR) is 88.2 cm³/mol. The fraction of sp³-hybridized carbons (Fsp3) is 0.294. The van der Waals surface area contributed by atoms with Gasteiger partial charge in [-0.3, -0.25) is 4.79 Å². The predicted octanol–water partition coefficient (Wildman–Crippen LogP) is 2.30. The highest BCUT2D eigenvalue weighted by molar-refractivity contribution is 8.06. The molecular formula is C17H17NO4S. The second kappa shape index (κ2) is 6.60. The molecule has 1 aromatic carbocycles. The molecule has 2 aliphatic heterocycles. The van der Waals surface area contributed by atoms with E-state index in [2.05, 4.69) is 0 Å². The van der Waals surface area contributed by atoms with E-state index in [9.17, 15) is 14.7 Å². The minimum Gasteiger partial charge on any atom is -0.477 e. The zero-order valence-electron chi connectivity index (χ0n) is 12.4. The normalized spacial score (nSPS) is 23.3. The molecule has 5 nitrogen and oxygen atoms in total. The Hall–Kier alpha value is -2.05. The van der Waals surface area contributed by atoms with Crippen LogP contribution < -0.4 is 0 Å². The van der Waals surface area contributed by atoms with Gasteiger partial charge in [-0.15, -0.1) is 0 Å². The van der Waals surface area contributed by atoms with Crippen LogP contribution in [0.15, 0.2) is 46.3 Å². The van der Waals surface area contributed by atoms with Crippen LogP contribution in [0.4, 0.5) is 0 Å². The van der Waals surface area contributed by atoms with Crippen molar-refractivity contribution in [3.05, 3.63) is 51.9 Å². The molecule has 6 heteroatoms. The minimum absolute atomic E-state index is 0.0560. The van der Waals surface area contributed by atoms with E-state index in [0.717, 1.165) is 5.56 Å². The lowest BCUT2D eigenvalue weighted by molar-refractivity contribution is -0.155. The number of carbonyl (C=O) groups is 2. The first-order chi connectivity index (χ1) is 11.1. The summed E-state index contributed by atoms with van der Waals surface area (Å²) in [6.07, 6.45) is 2.85. The summed E-state index contributed by atoms with van der Waals surface area (Å²) in [5.74, 6) is -1.52. The van der Waals surface area contributed by atoms with Crippen molar-refractivity contribution in [3.8, 4) is 0 Å². The van der Waals surface area contributed by atoms with E-state index in [1.165, 1.54) is 16.7 Å². The molecule has 2 unspecified atom stereocenters. The maximum absolute atomic E-state index is 12.1. The van der Waals surface area contributed by atoms with E-state index in [1.807, 2.05) is 41.8 Å². The first kappa shape index (κ1) is 15.8. The molecule has 0 radical (unpaired) electrons. The van der Waals surface area contributed by atoms with Crippen molar-refractivity contribution in [2.45, 2.75) is 18.9 Å². The smallest absolute Gasteiger partial charge is 0.353 e. The molecule has 2 aliphatic rings. The first-order valence-electron chi connectivity index (χ1n) is 7.42. The Balaban J connectivity index is 1.75. The molecule has 0 aromatic heterocycles. The van der Waals surface area contributed by atoms with E-state index in [1.54, 1.807) is 0 Å². The molecule has 23 heavy (non-hydrogen) atoms. The first-order valence-corrected chi connectivity index (χ1v) is 8.30. The monoisotopic (exact) mass is 331 g/mol. The van der Waals surface area contributed by atoms with Gasteiger partial charge in [-0.2, -0.15) is 0 Å². The van der Waals surface area contributed by atoms with Gasteiger partial charge in [0.05, 0.1) is 12.0 Å². The van der Waals surface area contributed by atoms with Gasteiger partial charge in [0, 0.05) is 17.9 Å². The van der Waals surface area contributed by atoms with Gasteiger partial charge in [-0.25, -0.2) is 4.79 Å². The Morgan fingerprint density at radius 1 is 1.35 bits per heavy atom. The topological polar surface area (TPSA) is 77.8 Å². The van der Waals surface area contributed by atoms with Gasteiger partial charge >= 0.3 is 5.97 Å². The molecule has 2 heterocycles. The maximum atomic E-state index is 12.1. The number of carbonyl (C=O) groups excluding carboxylic acids is 1. The third-order valence-electron chi connectivity index (χ3n) is 4.16. The zero-order valence-corrected chi connectivity index (χ0v) is 13.2. The molecule has 1 amide bonds. The van der Waals surface area contributed by atoms with Gasteiger partial charge in [0.2, 0.25) is 5.91 Å². The lowest BCUT2D eigenvalue weighted by Gasteiger charge is -2.43. The third-order valence-corrected chi connectivity index (χ3v) is 5.08. The Labute approximate surface area is 138 Å². The summed E-state index contributed by atoms with van der Waals surface area (Å²) in [5, 5.41) is 20.3. The summed E-state index contributed by atoms with van der Waals surface area (Å²) < 4.78 is 0. The van der Waals surface area contributed by atoms with Crippen LogP contribution in [0.5, 0.6) is 0 Å². The summed E-state index contributed by atoms with van der Waals surface area (Å²) >= 11 is 1.35. The van der Waals surface area contributed by atoms with Crippen molar-refractivity contribution < 1.29 is 19.8 Å². The summed E-state index contributed by atoms with van der Waals surface area (Å²) in [5.41, 5.74) is 1.13. The van der Waals surface area contributed by atoms with Crippen molar-refractivity contribution in [3.63, 3.8) is 0 Å². The number of aliphatic hydroxyl groups is 1. The van der Waals surface area contributed by atoms with Crippen molar-refractivity contribution in [1.29, 1.82) is 0 Å². The molecule has 0 bridgehead atoms. The zero-order chi connectivity index (χ0) is 16.4. The van der Waals surface area contributed by atoms with Crippen molar-refractivity contribution in [2.75, 3.05) is 6.61 Å². The average Bonchev–Trinajstić information content (AvgIpc) is 2.89. The fourth-order valence-electron chi connectivity index (χ4n) is 3.08. The van der Waals surface area contributed by atoms with E-state index >= 15 is 0 Å². The number of fused-ring (bicyclic) bond motifs is 1. The SMILES string of the molecule is O=C(O)C1=C(SC=Cc2ccccc2)CC2C(CCO)C(=O)N12. The van der Waals surface area contributed by atoms with Gasteiger partial charge in [-0.05, 0) is 23.5 Å². The number of hydrogen-bond donors (Lipinski definition) is 2. The Morgan fingerprint density at radius 3 is 2.74 bits per heavy atom. The second-order valence-corrected chi connectivity index (χ2v) is 6.51. The fourth-order valence-corrected chi connectivity index (χ4v) is 4.03. The molecular weight excluding hydrogens is 314 g/mol.